The lowest BCUT2D eigenvalue weighted by Gasteiger charge is -2.09. The highest BCUT2D eigenvalue weighted by Gasteiger charge is 2.11. The van der Waals surface area contributed by atoms with Gasteiger partial charge < -0.3 is 5.32 Å². The molecule has 0 aliphatic heterocycles. The van der Waals surface area contributed by atoms with Gasteiger partial charge in [0.1, 0.15) is 0 Å². The van der Waals surface area contributed by atoms with Crippen molar-refractivity contribution in [2.24, 2.45) is 0 Å². The van der Waals surface area contributed by atoms with Gasteiger partial charge in [0.2, 0.25) is 0 Å². The van der Waals surface area contributed by atoms with Gasteiger partial charge in [0.05, 0.1) is 22.5 Å². The minimum atomic E-state index is -0.271. The van der Waals surface area contributed by atoms with Gasteiger partial charge in [-0.15, -0.1) is 12.6 Å². The summed E-state index contributed by atoms with van der Waals surface area (Å²) in [4.78, 5) is 16.7. The zero-order valence-corrected chi connectivity index (χ0v) is 11.3. The van der Waals surface area contributed by atoms with Crippen molar-refractivity contribution in [1.82, 2.24) is 4.98 Å². The molecule has 3 nitrogen and oxygen atoms in total. The SMILES string of the molecule is Cc1ccncc1NC(=O)c1cc(S)ccc1Cl. The maximum atomic E-state index is 12.1. The number of carbonyl (C=O) groups is 1. The van der Waals surface area contributed by atoms with E-state index in [0.717, 1.165) is 5.56 Å². The third kappa shape index (κ3) is 2.83. The van der Waals surface area contributed by atoms with Gasteiger partial charge in [-0.1, -0.05) is 11.6 Å². The second-order valence-corrected chi connectivity index (χ2v) is 4.73. The second kappa shape index (κ2) is 5.42. The largest absolute Gasteiger partial charge is 0.320 e. The number of aryl methyl sites for hydroxylation is 1. The third-order valence-corrected chi connectivity index (χ3v) is 3.09. The molecule has 0 saturated heterocycles. The first-order chi connectivity index (χ1) is 8.58. The topological polar surface area (TPSA) is 42.0 Å². The Balaban J connectivity index is 2.28. The second-order valence-electron chi connectivity index (χ2n) is 3.81. The van der Waals surface area contributed by atoms with E-state index in [1.807, 2.05) is 13.0 Å². The van der Waals surface area contributed by atoms with Crippen LogP contribution in [0.4, 0.5) is 5.69 Å². The fraction of sp³-hybridized carbons (Fsp3) is 0.0769. The van der Waals surface area contributed by atoms with E-state index < -0.39 is 0 Å². The van der Waals surface area contributed by atoms with Crippen molar-refractivity contribution in [1.29, 1.82) is 0 Å². The zero-order chi connectivity index (χ0) is 13.1. The molecule has 0 fully saturated rings. The van der Waals surface area contributed by atoms with E-state index in [1.54, 1.807) is 30.6 Å². The van der Waals surface area contributed by atoms with E-state index in [2.05, 4.69) is 22.9 Å². The lowest BCUT2D eigenvalue weighted by atomic mass is 10.2. The van der Waals surface area contributed by atoms with E-state index in [1.165, 1.54) is 0 Å². The Labute approximate surface area is 116 Å². The standard InChI is InChI=1S/C13H11ClN2OS/c1-8-4-5-15-7-12(8)16-13(17)10-6-9(18)2-3-11(10)14/h2-7,18H,1H3,(H,16,17). The number of carbonyl (C=O) groups excluding carboxylic acids is 1. The Bertz CT molecular complexity index is 601. The van der Waals surface area contributed by atoms with Crippen LogP contribution in [0.5, 0.6) is 0 Å². The molecule has 1 N–H and O–H groups in total. The summed E-state index contributed by atoms with van der Waals surface area (Å²) in [5, 5.41) is 3.17. The Morgan fingerprint density at radius 3 is 2.89 bits per heavy atom. The Hall–Kier alpha value is -1.52. The fourth-order valence-electron chi connectivity index (χ4n) is 1.47. The first kappa shape index (κ1) is 12.9. The number of nitrogens with one attached hydrogen (secondary N) is 1. The van der Waals surface area contributed by atoms with Gasteiger partial charge in [-0.2, -0.15) is 0 Å². The van der Waals surface area contributed by atoms with Crippen LogP contribution < -0.4 is 5.32 Å². The van der Waals surface area contributed by atoms with Gasteiger partial charge in [0.25, 0.3) is 5.91 Å². The lowest BCUT2D eigenvalue weighted by molar-refractivity contribution is 0.102. The van der Waals surface area contributed by atoms with Crippen LogP contribution >= 0.6 is 24.2 Å². The molecule has 0 radical (unpaired) electrons. The summed E-state index contributed by atoms with van der Waals surface area (Å²) in [6, 6.07) is 6.84. The minimum Gasteiger partial charge on any atom is -0.320 e. The number of aromatic nitrogens is 1. The zero-order valence-electron chi connectivity index (χ0n) is 9.64. The molecule has 2 aromatic rings. The van der Waals surface area contributed by atoms with Crippen LogP contribution in [-0.4, -0.2) is 10.9 Å². The number of halogens is 1. The monoisotopic (exact) mass is 278 g/mol. The predicted molar refractivity (Wildman–Crippen MR) is 75.6 cm³/mol. The van der Waals surface area contributed by atoms with Crippen LogP contribution in [0.1, 0.15) is 15.9 Å². The molecule has 0 aliphatic carbocycles. The van der Waals surface area contributed by atoms with Gasteiger partial charge in [-0.25, -0.2) is 0 Å². The molecule has 0 saturated carbocycles. The van der Waals surface area contributed by atoms with Crippen LogP contribution in [-0.2, 0) is 0 Å². The predicted octanol–water partition coefficient (Wildman–Crippen LogP) is 3.58. The quantitative estimate of drug-likeness (QED) is 0.825. The maximum Gasteiger partial charge on any atom is 0.257 e. The molecule has 0 aliphatic rings. The number of hydrogen-bond donors (Lipinski definition) is 2. The van der Waals surface area contributed by atoms with E-state index in [0.29, 0.717) is 21.2 Å². The molecule has 0 unspecified atom stereocenters. The molecule has 18 heavy (non-hydrogen) atoms. The van der Waals surface area contributed by atoms with Crippen LogP contribution in [0.25, 0.3) is 0 Å². The fourth-order valence-corrected chi connectivity index (χ4v) is 1.88. The average Bonchev–Trinajstić information content (AvgIpc) is 2.35. The van der Waals surface area contributed by atoms with Crippen molar-refractivity contribution < 1.29 is 4.79 Å². The number of amides is 1. The number of anilines is 1. The molecule has 1 aromatic heterocycles. The molecular formula is C13H11ClN2OS. The number of rotatable bonds is 2. The highest BCUT2D eigenvalue weighted by Crippen LogP contribution is 2.21. The van der Waals surface area contributed by atoms with Crippen LogP contribution in [0, 0.1) is 6.92 Å². The van der Waals surface area contributed by atoms with Crippen LogP contribution in [0.3, 0.4) is 0 Å². The van der Waals surface area contributed by atoms with Crippen molar-refractivity contribution in [2.45, 2.75) is 11.8 Å². The first-order valence-electron chi connectivity index (χ1n) is 5.28. The summed E-state index contributed by atoms with van der Waals surface area (Å²) in [5.74, 6) is -0.271. The molecule has 0 atom stereocenters. The van der Waals surface area contributed by atoms with Crippen molar-refractivity contribution in [2.75, 3.05) is 5.32 Å². The summed E-state index contributed by atoms with van der Waals surface area (Å²) in [5.41, 5.74) is 2.01. The van der Waals surface area contributed by atoms with Gasteiger partial charge in [0, 0.05) is 11.1 Å². The van der Waals surface area contributed by atoms with Crippen molar-refractivity contribution in [3.63, 3.8) is 0 Å². The molecule has 0 spiro atoms. The Morgan fingerprint density at radius 1 is 1.39 bits per heavy atom. The number of hydrogen-bond acceptors (Lipinski definition) is 3. The molecule has 1 aromatic carbocycles. The maximum absolute atomic E-state index is 12.1. The summed E-state index contributed by atoms with van der Waals surface area (Å²) < 4.78 is 0. The minimum absolute atomic E-state index is 0.271. The average molecular weight is 279 g/mol. The first-order valence-corrected chi connectivity index (χ1v) is 6.11. The van der Waals surface area contributed by atoms with Crippen LogP contribution in [0.15, 0.2) is 41.6 Å². The molecule has 92 valence electrons. The molecule has 1 heterocycles. The highest BCUT2D eigenvalue weighted by atomic mass is 35.5. The Kier molecular flexibility index (Phi) is 3.89. The van der Waals surface area contributed by atoms with Gasteiger partial charge in [-0.3, -0.25) is 9.78 Å². The summed E-state index contributed by atoms with van der Waals surface area (Å²) in [6.45, 7) is 1.90. The van der Waals surface area contributed by atoms with E-state index in [9.17, 15) is 4.79 Å². The number of benzene rings is 1. The van der Waals surface area contributed by atoms with Crippen molar-refractivity contribution >= 4 is 35.8 Å². The van der Waals surface area contributed by atoms with Gasteiger partial charge >= 0.3 is 0 Å². The van der Waals surface area contributed by atoms with Gasteiger partial charge in [0.15, 0.2) is 0 Å². The number of thiol groups is 1. The van der Waals surface area contributed by atoms with Crippen molar-refractivity contribution in [3.05, 3.63) is 52.8 Å². The Morgan fingerprint density at radius 2 is 2.17 bits per heavy atom. The van der Waals surface area contributed by atoms with E-state index in [4.69, 9.17) is 11.6 Å². The summed E-state index contributed by atoms with van der Waals surface area (Å²) in [7, 11) is 0. The number of pyridine rings is 1. The normalized spacial score (nSPS) is 10.2. The smallest absolute Gasteiger partial charge is 0.257 e. The third-order valence-electron chi connectivity index (χ3n) is 2.48. The molecule has 5 heteroatoms. The van der Waals surface area contributed by atoms with Crippen LogP contribution in [0.2, 0.25) is 5.02 Å². The highest BCUT2D eigenvalue weighted by molar-refractivity contribution is 7.80. The van der Waals surface area contributed by atoms with E-state index in [-0.39, 0.29) is 5.91 Å². The molecule has 1 amide bonds. The lowest BCUT2D eigenvalue weighted by Crippen LogP contribution is -2.13. The summed E-state index contributed by atoms with van der Waals surface area (Å²) >= 11 is 10.2. The van der Waals surface area contributed by atoms with Crippen molar-refractivity contribution in [3.8, 4) is 0 Å². The summed E-state index contributed by atoms with van der Waals surface area (Å²) in [6.07, 6.45) is 3.28. The molecule has 0 bridgehead atoms. The van der Waals surface area contributed by atoms with E-state index >= 15 is 0 Å². The molecular weight excluding hydrogens is 268 g/mol. The van der Waals surface area contributed by atoms with Gasteiger partial charge in [-0.05, 0) is 36.8 Å². The molecule has 2 rings (SSSR count). The number of nitrogens with zero attached hydrogens (tertiary/aromatic N) is 1.